The van der Waals surface area contributed by atoms with Crippen molar-refractivity contribution in [1.82, 2.24) is 10.2 Å². The number of rotatable bonds is 7. The van der Waals surface area contributed by atoms with E-state index in [1.165, 1.54) is 0 Å². The molecule has 8 nitrogen and oxygen atoms in total. The van der Waals surface area contributed by atoms with Gasteiger partial charge in [0.05, 0.1) is 19.8 Å². The highest BCUT2D eigenvalue weighted by Gasteiger charge is 2.26. The number of aliphatic hydroxyl groups is 3. The maximum absolute atomic E-state index is 10.4. The van der Waals surface area contributed by atoms with E-state index in [9.17, 15) is 9.59 Å². The summed E-state index contributed by atoms with van der Waals surface area (Å²) >= 11 is 0. The van der Waals surface area contributed by atoms with Crippen LogP contribution in [0.1, 0.15) is 12.8 Å². The van der Waals surface area contributed by atoms with Crippen LogP contribution >= 0.6 is 0 Å². The molecule has 1 fully saturated rings. The number of carboxylic acid groups (broad SMARTS) is 1. The molecule has 0 spiro atoms. The highest BCUT2D eigenvalue weighted by Crippen LogP contribution is 2.05. The van der Waals surface area contributed by atoms with Crippen molar-refractivity contribution < 1.29 is 30.0 Å². The Bertz CT molecular complexity index is 260. The Labute approximate surface area is 111 Å². The molecular weight excluding hydrogens is 256 g/mol. The van der Waals surface area contributed by atoms with E-state index in [4.69, 9.17) is 20.4 Å². The Morgan fingerprint density at radius 3 is 1.84 bits per heavy atom. The first kappa shape index (κ1) is 17.8. The zero-order valence-corrected chi connectivity index (χ0v) is 10.8. The number of hydrogen-bond donors (Lipinski definition) is 5. The van der Waals surface area contributed by atoms with Gasteiger partial charge in [-0.3, -0.25) is 9.69 Å². The second kappa shape index (κ2) is 10.7. The fourth-order valence-corrected chi connectivity index (χ4v) is 1.56. The molecule has 0 radical (unpaired) electrons. The van der Waals surface area contributed by atoms with Gasteiger partial charge in [0.1, 0.15) is 6.04 Å². The van der Waals surface area contributed by atoms with Crippen molar-refractivity contribution in [3.63, 3.8) is 0 Å². The number of hydrogen-bond acceptors (Lipinski definition) is 6. The maximum atomic E-state index is 10.4. The SMILES string of the molecule is O=C1CC[C@@H](C(=O)O)N1.OCCN(CCO)CCO. The lowest BCUT2D eigenvalue weighted by atomic mass is 10.2. The minimum Gasteiger partial charge on any atom is -0.480 e. The molecule has 0 aromatic carbocycles. The normalized spacial score (nSPS) is 17.9. The number of aliphatic hydroxyl groups excluding tert-OH is 3. The number of amides is 1. The first-order valence-corrected chi connectivity index (χ1v) is 6.12. The van der Waals surface area contributed by atoms with Crippen molar-refractivity contribution in [2.24, 2.45) is 0 Å². The Kier molecular flexibility index (Phi) is 9.99. The Morgan fingerprint density at radius 2 is 1.63 bits per heavy atom. The van der Waals surface area contributed by atoms with Gasteiger partial charge in [-0.2, -0.15) is 0 Å². The third-order valence-corrected chi connectivity index (χ3v) is 2.54. The van der Waals surface area contributed by atoms with Crippen LogP contribution in [-0.2, 0) is 9.59 Å². The molecule has 1 saturated heterocycles. The van der Waals surface area contributed by atoms with Crippen LogP contribution in [0, 0.1) is 0 Å². The third kappa shape index (κ3) is 8.49. The summed E-state index contributed by atoms with van der Waals surface area (Å²) < 4.78 is 0. The number of carboxylic acids is 1. The van der Waals surface area contributed by atoms with Crippen LogP contribution in [0.5, 0.6) is 0 Å². The Balaban J connectivity index is 0.000000342. The monoisotopic (exact) mass is 278 g/mol. The zero-order chi connectivity index (χ0) is 14.7. The van der Waals surface area contributed by atoms with Gasteiger partial charge in [0.25, 0.3) is 0 Å². The molecule has 19 heavy (non-hydrogen) atoms. The van der Waals surface area contributed by atoms with Crippen molar-refractivity contribution in [2.75, 3.05) is 39.5 Å². The van der Waals surface area contributed by atoms with Gasteiger partial charge in [0.15, 0.2) is 0 Å². The van der Waals surface area contributed by atoms with E-state index in [1.54, 1.807) is 4.90 Å². The number of aliphatic carboxylic acids is 1. The van der Waals surface area contributed by atoms with Crippen LogP contribution in [-0.4, -0.2) is 82.7 Å². The predicted molar refractivity (Wildman–Crippen MR) is 66.5 cm³/mol. The molecule has 1 heterocycles. The van der Waals surface area contributed by atoms with E-state index in [0.717, 1.165) is 0 Å². The topological polar surface area (TPSA) is 130 Å². The fourth-order valence-electron chi connectivity index (χ4n) is 1.56. The quantitative estimate of drug-likeness (QED) is 0.351. The van der Waals surface area contributed by atoms with E-state index in [0.29, 0.717) is 32.5 Å². The molecule has 0 aromatic heterocycles. The van der Waals surface area contributed by atoms with E-state index in [2.05, 4.69) is 5.32 Å². The van der Waals surface area contributed by atoms with Gasteiger partial charge in [-0.05, 0) is 6.42 Å². The fraction of sp³-hybridized carbons (Fsp3) is 0.818. The van der Waals surface area contributed by atoms with Crippen LogP contribution in [0.2, 0.25) is 0 Å². The van der Waals surface area contributed by atoms with Gasteiger partial charge in [0.2, 0.25) is 5.91 Å². The van der Waals surface area contributed by atoms with Crippen molar-refractivity contribution in [3.8, 4) is 0 Å². The minimum atomic E-state index is -0.944. The van der Waals surface area contributed by atoms with Gasteiger partial charge in [-0.15, -0.1) is 0 Å². The molecule has 1 rings (SSSR count). The van der Waals surface area contributed by atoms with E-state index in [-0.39, 0.29) is 25.7 Å². The Hall–Kier alpha value is -1.22. The molecule has 1 amide bonds. The molecule has 1 aliphatic rings. The van der Waals surface area contributed by atoms with Crippen LogP contribution < -0.4 is 5.32 Å². The molecule has 0 aliphatic carbocycles. The highest BCUT2D eigenvalue weighted by atomic mass is 16.4. The molecule has 0 aromatic rings. The molecule has 1 atom stereocenters. The number of nitrogens with zero attached hydrogens (tertiary/aromatic N) is 1. The molecule has 0 saturated carbocycles. The summed E-state index contributed by atoms with van der Waals surface area (Å²) in [4.78, 5) is 22.3. The lowest BCUT2D eigenvalue weighted by Crippen LogP contribution is -2.32. The summed E-state index contributed by atoms with van der Waals surface area (Å²) in [6.07, 6.45) is 0.769. The lowest BCUT2D eigenvalue weighted by Gasteiger charge is -2.17. The van der Waals surface area contributed by atoms with Crippen molar-refractivity contribution in [1.29, 1.82) is 0 Å². The lowest BCUT2D eigenvalue weighted by molar-refractivity contribution is -0.140. The minimum absolute atomic E-state index is 0.0694. The molecular formula is C11H22N2O6. The summed E-state index contributed by atoms with van der Waals surface area (Å²) in [6, 6.07) is -0.641. The molecule has 8 heteroatoms. The third-order valence-electron chi connectivity index (χ3n) is 2.54. The van der Waals surface area contributed by atoms with Gasteiger partial charge >= 0.3 is 5.97 Å². The molecule has 5 N–H and O–H groups in total. The highest BCUT2D eigenvalue weighted by molar-refractivity contribution is 5.87. The molecule has 0 unspecified atom stereocenters. The van der Waals surface area contributed by atoms with Gasteiger partial charge in [0, 0.05) is 26.1 Å². The predicted octanol–water partition coefficient (Wildman–Crippen LogP) is -2.39. The number of carbonyl (C=O) groups excluding carboxylic acids is 1. The van der Waals surface area contributed by atoms with Crippen molar-refractivity contribution in [3.05, 3.63) is 0 Å². The van der Waals surface area contributed by atoms with Crippen LogP contribution in [0.3, 0.4) is 0 Å². The summed E-state index contributed by atoms with van der Waals surface area (Å²) in [5.41, 5.74) is 0. The number of carbonyl (C=O) groups is 2. The molecule has 112 valence electrons. The van der Waals surface area contributed by atoms with Crippen LogP contribution in [0.15, 0.2) is 0 Å². The standard InChI is InChI=1S/C6H15NO3.C5H7NO3/c8-4-1-7(2-5-9)3-6-10;7-4-2-1-3(6-4)5(8)9/h8-10H,1-6H2;3H,1-2H2,(H,6,7)(H,8,9)/t;3-/m.0/s1. The molecule has 0 bridgehead atoms. The summed E-state index contributed by atoms with van der Waals surface area (Å²) in [5, 5.41) is 36.1. The van der Waals surface area contributed by atoms with Gasteiger partial charge < -0.3 is 25.7 Å². The number of nitrogens with one attached hydrogen (secondary N) is 1. The summed E-state index contributed by atoms with van der Waals surface area (Å²) in [7, 11) is 0. The van der Waals surface area contributed by atoms with Crippen molar-refractivity contribution >= 4 is 11.9 Å². The summed E-state index contributed by atoms with van der Waals surface area (Å²) in [5.74, 6) is -1.11. The Morgan fingerprint density at radius 1 is 1.16 bits per heavy atom. The van der Waals surface area contributed by atoms with Gasteiger partial charge in [-0.25, -0.2) is 4.79 Å². The van der Waals surface area contributed by atoms with E-state index >= 15 is 0 Å². The first-order valence-electron chi connectivity index (χ1n) is 6.12. The average Bonchev–Trinajstić information content (AvgIpc) is 2.78. The second-order valence-corrected chi connectivity index (χ2v) is 4.01. The van der Waals surface area contributed by atoms with E-state index < -0.39 is 12.0 Å². The molecule has 1 aliphatic heterocycles. The van der Waals surface area contributed by atoms with Crippen molar-refractivity contribution in [2.45, 2.75) is 18.9 Å². The second-order valence-electron chi connectivity index (χ2n) is 4.01. The van der Waals surface area contributed by atoms with Gasteiger partial charge in [-0.1, -0.05) is 0 Å². The largest absolute Gasteiger partial charge is 0.480 e. The first-order chi connectivity index (χ1) is 9.04. The van der Waals surface area contributed by atoms with E-state index in [1.807, 2.05) is 0 Å². The smallest absolute Gasteiger partial charge is 0.326 e. The van der Waals surface area contributed by atoms with Crippen LogP contribution in [0.25, 0.3) is 0 Å². The maximum Gasteiger partial charge on any atom is 0.326 e. The van der Waals surface area contributed by atoms with Crippen LogP contribution in [0.4, 0.5) is 0 Å². The zero-order valence-electron chi connectivity index (χ0n) is 10.8. The average molecular weight is 278 g/mol. The summed E-state index contributed by atoms with van der Waals surface area (Å²) in [6.45, 7) is 1.75.